The molecule has 0 aliphatic heterocycles. The zero-order chi connectivity index (χ0) is 15.4. The summed E-state index contributed by atoms with van der Waals surface area (Å²) in [5, 5.41) is 5.30. The summed E-state index contributed by atoms with van der Waals surface area (Å²) in [6.07, 6.45) is 1.15. The van der Waals surface area contributed by atoms with E-state index >= 15 is 0 Å². The van der Waals surface area contributed by atoms with E-state index in [1.54, 1.807) is 19.9 Å². The molecule has 0 atom stereocenters. The molecule has 1 aromatic carbocycles. The van der Waals surface area contributed by atoms with Gasteiger partial charge in [0.1, 0.15) is 5.82 Å². The van der Waals surface area contributed by atoms with Crippen LogP contribution in [0.1, 0.15) is 13.8 Å². The molecule has 1 rings (SSSR count). The Labute approximate surface area is 118 Å². The number of hydrogen-bond donors (Lipinski definition) is 2. The first-order valence-electron chi connectivity index (χ1n) is 6.07. The molecular weight excluding hydrogens is 283 g/mol. The third-order valence-corrected chi connectivity index (χ3v) is 5.10. The van der Waals surface area contributed by atoms with Gasteiger partial charge in [0.25, 0.3) is 0 Å². The van der Waals surface area contributed by atoms with Crippen LogP contribution in [-0.4, -0.2) is 38.4 Å². The molecule has 0 aliphatic rings. The summed E-state index contributed by atoms with van der Waals surface area (Å²) in [6, 6.07) is 5.55. The van der Waals surface area contributed by atoms with Gasteiger partial charge in [-0.3, -0.25) is 4.79 Å². The van der Waals surface area contributed by atoms with Gasteiger partial charge in [-0.05, 0) is 32.0 Å². The van der Waals surface area contributed by atoms with Crippen molar-refractivity contribution in [2.75, 3.05) is 24.7 Å². The van der Waals surface area contributed by atoms with Crippen molar-refractivity contribution in [2.45, 2.75) is 18.6 Å². The number of sulfone groups is 1. The maximum absolute atomic E-state index is 12.9. The number of rotatable bonds is 6. The second-order valence-corrected chi connectivity index (χ2v) is 7.84. The number of benzene rings is 1. The van der Waals surface area contributed by atoms with E-state index in [4.69, 9.17) is 0 Å². The second-order valence-electron chi connectivity index (χ2n) is 5.19. The zero-order valence-corrected chi connectivity index (χ0v) is 12.6. The van der Waals surface area contributed by atoms with Crippen LogP contribution in [0.3, 0.4) is 0 Å². The van der Waals surface area contributed by atoms with Crippen LogP contribution in [0.15, 0.2) is 24.3 Å². The van der Waals surface area contributed by atoms with E-state index in [0.29, 0.717) is 5.69 Å². The van der Waals surface area contributed by atoms with Crippen LogP contribution in [0.25, 0.3) is 0 Å². The van der Waals surface area contributed by atoms with Crippen molar-refractivity contribution in [1.29, 1.82) is 0 Å². The van der Waals surface area contributed by atoms with E-state index in [-0.39, 0.29) is 19.0 Å². The van der Waals surface area contributed by atoms with Gasteiger partial charge in [-0.25, -0.2) is 12.8 Å². The number of amides is 1. The Bertz CT molecular complexity index is 585. The summed E-state index contributed by atoms with van der Waals surface area (Å²) in [5.74, 6) is -0.797. The fourth-order valence-electron chi connectivity index (χ4n) is 1.38. The van der Waals surface area contributed by atoms with E-state index in [1.165, 1.54) is 18.2 Å². The predicted octanol–water partition coefficient (Wildman–Crippen LogP) is 1.18. The minimum Gasteiger partial charge on any atom is -0.325 e. The van der Waals surface area contributed by atoms with Gasteiger partial charge in [0.05, 0.1) is 11.3 Å². The predicted molar refractivity (Wildman–Crippen MR) is 76.8 cm³/mol. The minimum absolute atomic E-state index is 0.0462. The van der Waals surface area contributed by atoms with Crippen molar-refractivity contribution >= 4 is 21.4 Å². The van der Waals surface area contributed by atoms with Crippen molar-refractivity contribution in [3.8, 4) is 0 Å². The largest absolute Gasteiger partial charge is 0.325 e. The molecule has 0 bridgehead atoms. The molecule has 5 nitrogen and oxygen atoms in total. The summed E-state index contributed by atoms with van der Waals surface area (Å²) >= 11 is 0. The van der Waals surface area contributed by atoms with Gasteiger partial charge >= 0.3 is 0 Å². The fraction of sp³-hybridized carbons (Fsp3) is 0.462. The normalized spacial score (nSPS) is 12.2. The second kappa shape index (κ2) is 6.32. The Kier molecular flexibility index (Phi) is 5.24. The number of hydrogen-bond acceptors (Lipinski definition) is 4. The van der Waals surface area contributed by atoms with Gasteiger partial charge in [0.15, 0.2) is 9.84 Å². The van der Waals surface area contributed by atoms with Crippen LogP contribution >= 0.6 is 0 Å². The maximum Gasteiger partial charge on any atom is 0.238 e. The zero-order valence-electron chi connectivity index (χ0n) is 11.7. The topological polar surface area (TPSA) is 75.3 Å². The SMILES string of the molecule is CC(C)(CNCC(=O)Nc1cccc(F)c1)S(C)(=O)=O. The first-order chi connectivity index (χ1) is 9.12. The lowest BCUT2D eigenvalue weighted by Crippen LogP contribution is -2.43. The van der Waals surface area contributed by atoms with Crippen LogP contribution in [0, 0.1) is 5.82 Å². The van der Waals surface area contributed by atoms with Crippen LogP contribution in [0.4, 0.5) is 10.1 Å². The average molecular weight is 302 g/mol. The van der Waals surface area contributed by atoms with Crippen molar-refractivity contribution in [3.05, 3.63) is 30.1 Å². The van der Waals surface area contributed by atoms with Gasteiger partial charge in [0.2, 0.25) is 5.91 Å². The molecule has 2 N–H and O–H groups in total. The van der Waals surface area contributed by atoms with Crippen molar-refractivity contribution in [1.82, 2.24) is 5.32 Å². The highest BCUT2D eigenvalue weighted by molar-refractivity contribution is 7.92. The lowest BCUT2D eigenvalue weighted by Gasteiger charge is -2.22. The molecule has 0 spiro atoms. The van der Waals surface area contributed by atoms with Gasteiger partial charge in [-0.2, -0.15) is 0 Å². The Morgan fingerprint density at radius 1 is 1.35 bits per heavy atom. The lowest BCUT2D eigenvalue weighted by atomic mass is 10.2. The number of nitrogens with one attached hydrogen (secondary N) is 2. The number of anilines is 1. The number of carbonyl (C=O) groups excluding carboxylic acids is 1. The van der Waals surface area contributed by atoms with Crippen LogP contribution in [0.2, 0.25) is 0 Å². The van der Waals surface area contributed by atoms with Gasteiger partial charge in [0, 0.05) is 18.5 Å². The molecule has 20 heavy (non-hydrogen) atoms. The summed E-state index contributed by atoms with van der Waals surface area (Å²) in [4.78, 5) is 11.6. The molecule has 0 aliphatic carbocycles. The van der Waals surface area contributed by atoms with E-state index in [0.717, 1.165) is 6.26 Å². The highest BCUT2D eigenvalue weighted by atomic mass is 32.2. The summed E-state index contributed by atoms with van der Waals surface area (Å²) in [7, 11) is -3.21. The Morgan fingerprint density at radius 2 is 2.00 bits per heavy atom. The Morgan fingerprint density at radius 3 is 2.55 bits per heavy atom. The molecule has 0 unspecified atom stereocenters. The molecule has 1 aromatic rings. The monoisotopic (exact) mass is 302 g/mol. The lowest BCUT2D eigenvalue weighted by molar-refractivity contribution is -0.115. The standard InChI is InChI=1S/C13H19FN2O3S/c1-13(2,20(3,18)19)9-15-8-12(17)16-11-6-4-5-10(14)7-11/h4-7,15H,8-9H2,1-3H3,(H,16,17). The molecule has 7 heteroatoms. The Hall–Kier alpha value is -1.47. The van der Waals surface area contributed by atoms with E-state index in [9.17, 15) is 17.6 Å². The molecule has 112 valence electrons. The van der Waals surface area contributed by atoms with Crippen molar-refractivity contribution < 1.29 is 17.6 Å². The molecule has 0 saturated carbocycles. The molecule has 0 aromatic heterocycles. The Balaban J connectivity index is 2.45. The highest BCUT2D eigenvalue weighted by Gasteiger charge is 2.29. The van der Waals surface area contributed by atoms with Gasteiger partial charge in [-0.1, -0.05) is 6.07 Å². The van der Waals surface area contributed by atoms with Gasteiger partial charge in [-0.15, -0.1) is 0 Å². The molecule has 0 fully saturated rings. The van der Waals surface area contributed by atoms with E-state index in [1.807, 2.05) is 0 Å². The smallest absolute Gasteiger partial charge is 0.238 e. The number of carbonyl (C=O) groups is 1. The fourth-order valence-corrected chi connectivity index (χ4v) is 1.74. The van der Waals surface area contributed by atoms with Crippen LogP contribution < -0.4 is 10.6 Å². The first-order valence-corrected chi connectivity index (χ1v) is 7.97. The van der Waals surface area contributed by atoms with E-state index < -0.39 is 20.4 Å². The van der Waals surface area contributed by atoms with Crippen molar-refractivity contribution in [3.63, 3.8) is 0 Å². The molecule has 0 heterocycles. The van der Waals surface area contributed by atoms with Crippen molar-refractivity contribution in [2.24, 2.45) is 0 Å². The maximum atomic E-state index is 12.9. The van der Waals surface area contributed by atoms with E-state index in [2.05, 4.69) is 10.6 Å². The average Bonchev–Trinajstić information content (AvgIpc) is 2.26. The van der Waals surface area contributed by atoms with Gasteiger partial charge < -0.3 is 10.6 Å². The molecular formula is C13H19FN2O3S. The third kappa shape index (κ3) is 4.90. The summed E-state index contributed by atoms with van der Waals surface area (Å²) < 4.78 is 34.9. The molecule has 0 radical (unpaired) electrons. The summed E-state index contributed by atoms with van der Waals surface area (Å²) in [6.45, 7) is 3.28. The quantitative estimate of drug-likeness (QED) is 0.827. The van der Waals surface area contributed by atoms with Crippen LogP contribution in [-0.2, 0) is 14.6 Å². The van der Waals surface area contributed by atoms with Crippen LogP contribution in [0.5, 0.6) is 0 Å². The highest BCUT2D eigenvalue weighted by Crippen LogP contribution is 2.13. The molecule has 0 saturated heterocycles. The molecule has 1 amide bonds. The first kappa shape index (κ1) is 16.6. The minimum atomic E-state index is -3.21. The summed E-state index contributed by atoms with van der Waals surface area (Å²) in [5.41, 5.74) is 0.360. The third-order valence-electron chi connectivity index (χ3n) is 2.95. The number of halogens is 1.